The van der Waals surface area contributed by atoms with Gasteiger partial charge in [-0.1, -0.05) is 0 Å². The Labute approximate surface area is 131 Å². The van der Waals surface area contributed by atoms with Gasteiger partial charge in [-0.25, -0.2) is 0 Å². The molecule has 0 aliphatic heterocycles. The van der Waals surface area contributed by atoms with Crippen LogP contribution in [0.1, 0.15) is 6.92 Å². The Morgan fingerprint density at radius 1 is 1.22 bits per heavy atom. The molecule has 10 nitrogen and oxygen atoms in total. The van der Waals surface area contributed by atoms with E-state index in [1.807, 2.05) is 0 Å². The second kappa shape index (κ2) is 8.02. The van der Waals surface area contributed by atoms with Crippen molar-refractivity contribution in [1.82, 2.24) is 5.32 Å². The molecule has 7 N–H and O–H groups in total. The first-order valence-electron chi connectivity index (χ1n) is 6.83. The van der Waals surface area contributed by atoms with E-state index < -0.39 is 41.1 Å². The second-order valence-electron chi connectivity index (χ2n) is 5.14. The fraction of sp³-hybridized carbons (Fsp3) is 0.615. The van der Waals surface area contributed by atoms with E-state index in [9.17, 15) is 29.7 Å². The van der Waals surface area contributed by atoms with Gasteiger partial charge in [0.25, 0.3) is 10.9 Å². The summed E-state index contributed by atoms with van der Waals surface area (Å²) < 4.78 is 4.67. The number of aliphatic hydroxyl groups excluding tert-OH is 3. The van der Waals surface area contributed by atoms with Gasteiger partial charge >= 0.3 is 0 Å². The molecule has 10 heteroatoms. The normalized spacial score (nSPS) is 16.6. The Hall–Kier alpha value is -2.01. The van der Waals surface area contributed by atoms with Gasteiger partial charge in [0.05, 0.1) is 12.6 Å². The maximum Gasteiger partial charge on any atom is 0.253 e. The molecule has 0 aliphatic rings. The Morgan fingerprint density at radius 2 is 1.83 bits per heavy atom. The Bertz CT molecular complexity index is 611. The molecule has 0 saturated heterocycles. The molecule has 0 spiro atoms. The molecule has 0 aromatic heterocycles. The minimum Gasteiger partial charge on any atom is -0.394 e. The number of ether oxygens (including phenoxy) is 1. The number of nitrogen functional groups attached to an aromatic ring is 1. The lowest BCUT2D eigenvalue weighted by Crippen LogP contribution is -2.55. The van der Waals surface area contributed by atoms with Crippen molar-refractivity contribution in [2.75, 3.05) is 31.3 Å². The zero-order valence-corrected chi connectivity index (χ0v) is 12.8. The summed E-state index contributed by atoms with van der Waals surface area (Å²) in [5.74, 6) is -0.498. The van der Waals surface area contributed by atoms with E-state index in [-0.39, 0.29) is 24.5 Å². The lowest BCUT2D eigenvalue weighted by atomic mass is 10.0. The summed E-state index contributed by atoms with van der Waals surface area (Å²) >= 11 is 0. The molecule has 0 heterocycles. The molecule has 1 amide bonds. The smallest absolute Gasteiger partial charge is 0.253 e. The highest BCUT2D eigenvalue weighted by Crippen LogP contribution is 2.11. The van der Waals surface area contributed by atoms with Crippen molar-refractivity contribution in [3.05, 3.63) is 20.4 Å². The highest BCUT2D eigenvalue weighted by molar-refractivity contribution is 5.74. The van der Waals surface area contributed by atoms with E-state index in [1.165, 1.54) is 14.0 Å². The standard InChI is InChI=1S/C13H21N3O7/c1-5(17)16-6(10(19)11(20)7(18)4-23-2)3-15-9-8(14)12(21)13(9)22/h6-7,10-11,15,18-20H,3-4,14H2,1-2H3,(H,16,17). The highest BCUT2D eigenvalue weighted by Gasteiger charge is 2.32. The summed E-state index contributed by atoms with van der Waals surface area (Å²) in [5, 5.41) is 34.5. The Morgan fingerprint density at radius 3 is 2.30 bits per heavy atom. The van der Waals surface area contributed by atoms with Crippen LogP contribution in [0.4, 0.5) is 11.4 Å². The van der Waals surface area contributed by atoms with E-state index in [0.717, 1.165) is 0 Å². The molecule has 0 fully saturated rings. The fourth-order valence-corrected chi connectivity index (χ4v) is 2.05. The summed E-state index contributed by atoms with van der Waals surface area (Å²) in [5.41, 5.74) is 3.42. The Kier molecular flexibility index (Phi) is 6.63. The third-order valence-corrected chi connectivity index (χ3v) is 3.33. The van der Waals surface area contributed by atoms with Crippen molar-refractivity contribution >= 4 is 17.3 Å². The Balaban J connectivity index is 2.77. The second-order valence-corrected chi connectivity index (χ2v) is 5.14. The molecule has 4 atom stereocenters. The first-order chi connectivity index (χ1) is 10.7. The number of methoxy groups -OCH3 is 1. The third kappa shape index (κ3) is 4.48. The lowest BCUT2D eigenvalue weighted by molar-refractivity contribution is -0.123. The lowest BCUT2D eigenvalue weighted by Gasteiger charge is -2.30. The molecular formula is C13H21N3O7. The summed E-state index contributed by atoms with van der Waals surface area (Å²) in [6, 6.07) is -1.04. The van der Waals surface area contributed by atoms with Crippen LogP contribution in [0.25, 0.3) is 0 Å². The van der Waals surface area contributed by atoms with Gasteiger partial charge in [-0.15, -0.1) is 0 Å². The van der Waals surface area contributed by atoms with E-state index in [0.29, 0.717) is 0 Å². The molecule has 0 aliphatic carbocycles. The minimum atomic E-state index is -1.60. The zero-order valence-electron chi connectivity index (χ0n) is 12.8. The van der Waals surface area contributed by atoms with Crippen molar-refractivity contribution in [2.45, 2.75) is 31.3 Å². The predicted molar refractivity (Wildman–Crippen MR) is 81.8 cm³/mol. The maximum atomic E-state index is 11.3. The molecule has 23 heavy (non-hydrogen) atoms. The molecule has 0 saturated carbocycles. The molecule has 1 aromatic carbocycles. The van der Waals surface area contributed by atoms with Gasteiger partial charge in [-0.3, -0.25) is 14.4 Å². The van der Waals surface area contributed by atoms with E-state index in [4.69, 9.17) is 5.73 Å². The molecule has 1 aromatic rings. The quantitative estimate of drug-likeness (QED) is 0.251. The van der Waals surface area contributed by atoms with Crippen LogP contribution in [0.2, 0.25) is 0 Å². The van der Waals surface area contributed by atoms with Crippen molar-refractivity contribution < 1.29 is 24.9 Å². The summed E-state index contributed by atoms with van der Waals surface area (Å²) in [6.07, 6.45) is -4.52. The van der Waals surface area contributed by atoms with Crippen molar-refractivity contribution in [2.24, 2.45) is 0 Å². The first-order valence-corrected chi connectivity index (χ1v) is 6.83. The number of anilines is 2. The van der Waals surface area contributed by atoms with Crippen LogP contribution in [0.5, 0.6) is 0 Å². The summed E-state index contributed by atoms with van der Waals surface area (Å²) in [6.45, 7) is 0.791. The minimum absolute atomic E-state index is 0.107. The number of hydrogen-bond acceptors (Lipinski definition) is 9. The van der Waals surface area contributed by atoms with Gasteiger partial charge in [0, 0.05) is 20.6 Å². The molecule has 0 radical (unpaired) electrons. The van der Waals surface area contributed by atoms with Crippen LogP contribution in [0.15, 0.2) is 9.59 Å². The maximum absolute atomic E-state index is 11.3. The number of hydrogen-bond donors (Lipinski definition) is 6. The van der Waals surface area contributed by atoms with Gasteiger partial charge in [-0.2, -0.15) is 0 Å². The van der Waals surface area contributed by atoms with Gasteiger partial charge in [0.15, 0.2) is 0 Å². The van der Waals surface area contributed by atoms with Gasteiger partial charge in [-0.05, 0) is 0 Å². The number of carbonyl (C=O) groups is 1. The molecule has 0 bridgehead atoms. The first kappa shape index (κ1) is 19.0. The fourth-order valence-electron chi connectivity index (χ4n) is 2.05. The highest BCUT2D eigenvalue weighted by atomic mass is 16.5. The average molecular weight is 331 g/mol. The van der Waals surface area contributed by atoms with Gasteiger partial charge in [0.1, 0.15) is 29.7 Å². The molecule has 130 valence electrons. The third-order valence-electron chi connectivity index (χ3n) is 3.33. The van der Waals surface area contributed by atoms with E-state index >= 15 is 0 Å². The van der Waals surface area contributed by atoms with Gasteiger partial charge in [0.2, 0.25) is 5.91 Å². The molecule has 1 rings (SSSR count). The number of aliphatic hydroxyl groups is 3. The van der Waals surface area contributed by atoms with E-state index in [2.05, 4.69) is 15.4 Å². The number of rotatable bonds is 9. The predicted octanol–water partition coefficient (Wildman–Crippen LogP) is -3.49. The van der Waals surface area contributed by atoms with Crippen LogP contribution in [-0.2, 0) is 9.53 Å². The summed E-state index contributed by atoms with van der Waals surface area (Å²) in [7, 11) is 1.31. The van der Waals surface area contributed by atoms with Crippen LogP contribution in [-0.4, -0.2) is 65.8 Å². The van der Waals surface area contributed by atoms with Crippen LogP contribution >= 0.6 is 0 Å². The van der Waals surface area contributed by atoms with Crippen molar-refractivity contribution in [3.8, 4) is 0 Å². The number of carbonyl (C=O) groups excluding carboxylic acids is 1. The number of nitrogens with two attached hydrogens (primary N) is 1. The van der Waals surface area contributed by atoms with Crippen LogP contribution in [0, 0.1) is 0 Å². The topological polar surface area (TPSA) is 171 Å². The monoisotopic (exact) mass is 331 g/mol. The summed E-state index contributed by atoms with van der Waals surface area (Å²) in [4.78, 5) is 33.5. The number of nitrogens with one attached hydrogen (secondary N) is 2. The largest absolute Gasteiger partial charge is 0.394 e. The van der Waals surface area contributed by atoms with Crippen molar-refractivity contribution in [3.63, 3.8) is 0 Å². The SMILES string of the molecule is COCC(O)C(O)C(O)C(CNc1c(N)c(=O)c1=O)NC(C)=O. The van der Waals surface area contributed by atoms with Crippen LogP contribution < -0.4 is 27.2 Å². The van der Waals surface area contributed by atoms with Crippen LogP contribution in [0.3, 0.4) is 0 Å². The van der Waals surface area contributed by atoms with Gasteiger partial charge < -0.3 is 36.4 Å². The average Bonchev–Trinajstić information content (AvgIpc) is 2.51. The number of amides is 1. The van der Waals surface area contributed by atoms with E-state index in [1.54, 1.807) is 0 Å². The van der Waals surface area contributed by atoms with Crippen molar-refractivity contribution in [1.29, 1.82) is 0 Å². The zero-order chi connectivity index (χ0) is 17.7. The molecular weight excluding hydrogens is 310 g/mol. The molecule has 4 unspecified atom stereocenters.